The summed E-state index contributed by atoms with van der Waals surface area (Å²) in [5.41, 5.74) is 1.88. The normalized spacial score (nSPS) is 12.2. The van der Waals surface area contributed by atoms with Crippen LogP contribution in [0, 0.1) is 0 Å². The van der Waals surface area contributed by atoms with E-state index in [1.165, 1.54) is 0 Å². The minimum atomic E-state index is -0.204. The third-order valence-electron chi connectivity index (χ3n) is 6.00. The SMILES string of the molecule is CC(CN(CCN(C)C)C(=O)c1cccc(Br)c1)c1nc2ccccc2c(=O)n1-c1ccc(Br)cc1. The zero-order chi connectivity index (χ0) is 25.8. The second-order valence-corrected chi connectivity index (χ2v) is 10.9. The molecule has 0 saturated heterocycles. The Bertz CT molecular complexity index is 1430. The second-order valence-electron chi connectivity index (χ2n) is 9.07. The molecule has 1 amide bonds. The average Bonchev–Trinajstić information content (AvgIpc) is 2.86. The van der Waals surface area contributed by atoms with Gasteiger partial charge < -0.3 is 9.80 Å². The molecule has 0 radical (unpaired) electrons. The Morgan fingerprint density at radius 1 is 0.944 bits per heavy atom. The molecule has 3 aromatic carbocycles. The van der Waals surface area contributed by atoms with Crippen LogP contribution in [-0.2, 0) is 0 Å². The third kappa shape index (κ3) is 5.94. The highest BCUT2D eigenvalue weighted by molar-refractivity contribution is 9.10. The second kappa shape index (κ2) is 11.5. The summed E-state index contributed by atoms with van der Waals surface area (Å²) in [5.74, 6) is 0.366. The maximum atomic E-state index is 13.7. The van der Waals surface area contributed by atoms with Crippen molar-refractivity contribution in [1.82, 2.24) is 19.4 Å². The first-order valence-corrected chi connectivity index (χ1v) is 13.3. The number of likely N-dealkylation sites (N-methyl/N-ethyl adjacent to an activating group) is 1. The zero-order valence-electron chi connectivity index (χ0n) is 20.5. The van der Waals surface area contributed by atoms with E-state index in [2.05, 4.69) is 36.8 Å². The lowest BCUT2D eigenvalue weighted by Crippen LogP contribution is -2.40. The third-order valence-corrected chi connectivity index (χ3v) is 7.02. The fourth-order valence-corrected chi connectivity index (χ4v) is 4.80. The lowest BCUT2D eigenvalue weighted by Gasteiger charge is -2.28. The summed E-state index contributed by atoms with van der Waals surface area (Å²) >= 11 is 6.94. The van der Waals surface area contributed by atoms with Crippen LogP contribution in [-0.4, -0.2) is 59.0 Å². The Morgan fingerprint density at radius 3 is 2.36 bits per heavy atom. The van der Waals surface area contributed by atoms with Gasteiger partial charge in [-0.15, -0.1) is 0 Å². The van der Waals surface area contributed by atoms with Crippen molar-refractivity contribution in [3.63, 3.8) is 0 Å². The van der Waals surface area contributed by atoms with E-state index in [9.17, 15) is 9.59 Å². The number of halogens is 2. The molecule has 4 aromatic rings. The molecule has 0 spiro atoms. The first-order chi connectivity index (χ1) is 17.2. The molecule has 186 valence electrons. The van der Waals surface area contributed by atoms with E-state index in [1.807, 2.05) is 92.6 Å². The van der Waals surface area contributed by atoms with Gasteiger partial charge in [-0.25, -0.2) is 4.98 Å². The van der Waals surface area contributed by atoms with Crippen molar-refractivity contribution in [1.29, 1.82) is 0 Å². The van der Waals surface area contributed by atoms with E-state index in [-0.39, 0.29) is 17.4 Å². The van der Waals surface area contributed by atoms with E-state index in [1.54, 1.807) is 10.6 Å². The molecule has 1 aromatic heterocycles. The average molecular weight is 612 g/mol. The number of para-hydroxylation sites is 1. The van der Waals surface area contributed by atoms with E-state index >= 15 is 0 Å². The summed E-state index contributed by atoms with van der Waals surface area (Å²) in [5, 5.41) is 0.561. The smallest absolute Gasteiger partial charge is 0.265 e. The first kappa shape index (κ1) is 26.3. The van der Waals surface area contributed by atoms with E-state index in [0.29, 0.717) is 35.4 Å². The standard InChI is InChI=1S/C28H28Br2N4O2/c1-19(18-33(16-15-32(2)3)27(35)20-7-6-8-22(30)17-20)26-31-25-10-5-4-9-24(25)28(36)34(26)23-13-11-21(29)12-14-23/h4-14,17,19H,15-16,18H2,1-3H3. The molecule has 0 saturated carbocycles. The van der Waals surface area contributed by atoms with Crippen molar-refractivity contribution < 1.29 is 4.79 Å². The van der Waals surface area contributed by atoms with Crippen LogP contribution in [0.3, 0.4) is 0 Å². The molecule has 6 nitrogen and oxygen atoms in total. The molecule has 8 heteroatoms. The number of nitrogens with zero attached hydrogens (tertiary/aromatic N) is 4. The minimum Gasteiger partial charge on any atom is -0.337 e. The lowest BCUT2D eigenvalue weighted by molar-refractivity contribution is 0.0734. The van der Waals surface area contributed by atoms with Crippen LogP contribution in [0.25, 0.3) is 16.6 Å². The summed E-state index contributed by atoms with van der Waals surface area (Å²) in [7, 11) is 3.97. The maximum Gasteiger partial charge on any atom is 0.265 e. The van der Waals surface area contributed by atoms with Gasteiger partial charge in [0.1, 0.15) is 5.82 Å². The highest BCUT2D eigenvalue weighted by Crippen LogP contribution is 2.23. The number of aromatic nitrogens is 2. The summed E-state index contributed by atoms with van der Waals surface area (Å²) < 4.78 is 3.46. The van der Waals surface area contributed by atoms with E-state index in [4.69, 9.17) is 4.98 Å². The quantitative estimate of drug-likeness (QED) is 0.256. The number of carbonyl (C=O) groups is 1. The van der Waals surface area contributed by atoms with Crippen molar-refractivity contribution in [3.8, 4) is 5.69 Å². The Balaban J connectivity index is 1.77. The van der Waals surface area contributed by atoms with Crippen molar-refractivity contribution >= 4 is 48.7 Å². The molecule has 0 N–H and O–H groups in total. The number of rotatable bonds is 8. The molecular weight excluding hydrogens is 584 g/mol. The first-order valence-electron chi connectivity index (χ1n) is 11.7. The predicted octanol–water partition coefficient (Wildman–Crippen LogP) is 5.72. The van der Waals surface area contributed by atoms with Gasteiger partial charge in [0.2, 0.25) is 0 Å². The Labute approximate surface area is 227 Å². The Hall–Kier alpha value is -2.81. The lowest BCUT2D eigenvalue weighted by atomic mass is 10.1. The molecular formula is C28H28Br2N4O2. The monoisotopic (exact) mass is 610 g/mol. The van der Waals surface area contributed by atoms with E-state index in [0.717, 1.165) is 21.2 Å². The fraction of sp³-hybridized carbons (Fsp3) is 0.250. The summed E-state index contributed by atoms with van der Waals surface area (Å²) in [4.78, 5) is 36.0. The topological polar surface area (TPSA) is 58.4 Å². The molecule has 1 unspecified atom stereocenters. The highest BCUT2D eigenvalue weighted by atomic mass is 79.9. The minimum absolute atomic E-state index is 0.0525. The molecule has 36 heavy (non-hydrogen) atoms. The Morgan fingerprint density at radius 2 is 1.67 bits per heavy atom. The predicted molar refractivity (Wildman–Crippen MR) is 152 cm³/mol. The highest BCUT2D eigenvalue weighted by Gasteiger charge is 2.24. The van der Waals surface area contributed by atoms with Crippen LogP contribution in [0.1, 0.15) is 29.0 Å². The van der Waals surface area contributed by atoms with Gasteiger partial charge in [0.15, 0.2) is 0 Å². The van der Waals surface area contributed by atoms with Crippen LogP contribution in [0.15, 0.2) is 86.5 Å². The molecule has 0 aliphatic carbocycles. The largest absolute Gasteiger partial charge is 0.337 e. The van der Waals surface area contributed by atoms with Crippen LogP contribution < -0.4 is 5.56 Å². The van der Waals surface area contributed by atoms with Crippen LogP contribution in [0.4, 0.5) is 0 Å². The summed E-state index contributed by atoms with van der Waals surface area (Å²) in [6, 6.07) is 22.4. The van der Waals surface area contributed by atoms with Crippen molar-refractivity contribution in [2.45, 2.75) is 12.8 Å². The molecule has 0 aliphatic rings. The number of carbonyl (C=O) groups excluding carboxylic acids is 1. The summed E-state index contributed by atoms with van der Waals surface area (Å²) in [6.07, 6.45) is 0. The van der Waals surface area contributed by atoms with Gasteiger partial charge in [-0.1, -0.05) is 57.0 Å². The van der Waals surface area contributed by atoms with Crippen LogP contribution >= 0.6 is 31.9 Å². The Kier molecular flexibility index (Phi) is 8.39. The van der Waals surface area contributed by atoms with Gasteiger partial charge in [0.05, 0.1) is 16.6 Å². The molecule has 1 heterocycles. The van der Waals surface area contributed by atoms with E-state index < -0.39 is 0 Å². The van der Waals surface area contributed by atoms with Crippen LogP contribution in [0.2, 0.25) is 0 Å². The van der Waals surface area contributed by atoms with Gasteiger partial charge >= 0.3 is 0 Å². The number of fused-ring (bicyclic) bond motifs is 1. The fourth-order valence-electron chi connectivity index (χ4n) is 4.13. The molecule has 0 aliphatic heterocycles. The van der Waals surface area contributed by atoms with Gasteiger partial charge in [-0.05, 0) is 68.7 Å². The van der Waals surface area contributed by atoms with Gasteiger partial charge in [-0.3, -0.25) is 14.2 Å². The number of benzene rings is 3. The molecule has 4 rings (SSSR count). The number of hydrogen-bond acceptors (Lipinski definition) is 4. The van der Waals surface area contributed by atoms with Gasteiger partial charge in [0.25, 0.3) is 11.5 Å². The van der Waals surface area contributed by atoms with Gasteiger partial charge in [0, 0.05) is 40.1 Å². The van der Waals surface area contributed by atoms with Crippen molar-refractivity contribution in [2.75, 3.05) is 33.7 Å². The summed E-state index contributed by atoms with van der Waals surface area (Å²) in [6.45, 7) is 3.71. The molecule has 0 bridgehead atoms. The molecule has 0 fully saturated rings. The number of hydrogen-bond donors (Lipinski definition) is 0. The van der Waals surface area contributed by atoms with Crippen LogP contribution in [0.5, 0.6) is 0 Å². The molecule has 1 atom stereocenters. The van der Waals surface area contributed by atoms with Gasteiger partial charge in [-0.2, -0.15) is 0 Å². The zero-order valence-corrected chi connectivity index (χ0v) is 23.7. The number of amides is 1. The van der Waals surface area contributed by atoms with Crippen molar-refractivity contribution in [2.24, 2.45) is 0 Å². The maximum absolute atomic E-state index is 13.7. The van der Waals surface area contributed by atoms with Crippen molar-refractivity contribution in [3.05, 3.63) is 103 Å².